The van der Waals surface area contributed by atoms with Crippen molar-refractivity contribution < 1.29 is 9.53 Å². The summed E-state index contributed by atoms with van der Waals surface area (Å²) >= 11 is 1.61. The van der Waals surface area contributed by atoms with Gasteiger partial charge >= 0.3 is 0 Å². The Kier molecular flexibility index (Phi) is 5.92. The Bertz CT molecular complexity index is 864. The van der Waals surface area contributed by atoms with Gasteiger partial charge in [-0.2, -0.15) is 5.10 Å². The van der Waals surface area contributed by atoms with E-state index in [0.717, 1.165) is 55.6 Å². The van der Waals surface area contributed by atoms with E-state index in [1.165, 1.54) is 4.68 Å². The van der Waals surface area contributed by atoms with Crippen molar-refractivity contribution in [3.05, 3.63) is 40.0 Å². The Morgan fingerprint density at radius 1 is 1.25 bits per heavy atom. The summed E-state index contributed by atoms with van der Waals surface area (Å²) in [6.07, 6.45) is 5.92. The van der Waals surface area contributed by atoms with Gasteiger partial charge in [-0.3, -0.25) is 9.59 Å². The van der Waals surface area contributed by atoms with Crippen molar-refractivity contribution in [1.29, 1.82) is 0 Å². The van der Waals surface area contributed by atoms with Gasteiger partial charge < -0.3 is 9.64 Å². The number of ether oxygens (including phenoxy) is 1. The minimum atomic E-state index is -0.114. The van der Waals surface area contributed by atoms with Crippen LogP contribution >= 0.6 is 11.3 Å². The summed E-state index contributed by atoms with van der Waals surface area (Å²) < 4.78 is 7.03. The van der Waals surface area contributed by atoms with E-state index >= 15 is 0 Å². The molecule has 3 atom stereocenters. The number of hydrogen-bond acceptors (Lipinski definition) is 5. The lowest BCUT2D eigenvalue weighted by Crippen LogP contribution is -2.44. The summed E-state index contributed by atoms with van der Waals surface area (Å²) in [5.74, 6) is 0.271. The number of nitrogens with zero attached hydrogens (tertiary/aromatic N) is 3. The van der Waals surface area contributed by atoms with Crippen LogP contribution in [0, 0.1) is 5.92 Å². The molecule has 4 rings (SSSR count). The van der Waals surface area contributed by atoms with Crippen LogP contribution < -0.4 is 5.56 Å². The molecule has 1 aliphatic heterocycles. The number of methoxy groups -OCH3 is 1. The monoisotopic (exact) mass is 401 g/mol. The van der Waals surface area contributed by atoms with Crippen LogP contribution in [0.3, 0.4) is 0 Å². The normalized spacial score (nSPS) is 25.2. The molecule has 150 valence electrons. The Labute approximate surface area is 169 Å². The van der Waals surface area contributed by atoms with E-state index in [0.29, 0.717) is 6.54 Å². The van der Waals surface area contributed by atoms with Crippen molar-refractivity contribution in [2.45, 2.75) is 57.2 Å². The molecule has 0 radical (unpaired) electrons. The SMILES string of the molecule is CO[C@@H]1CCC[C@H](C(=O)N2CCC[C@H]2Cn2nc(-c3cccs3)ccc2=O)C1. The summed E-state index contributed by atoms with van der Waals surface area (Å²) in [5.41, 5.74) is 0.692. The van der Waals surface area contributed by atoms with Gasteiger partial charge in [0.1, 0.15) is 5.69 Å². The number of likely N-dealkylation sites (tertiary alicyclic amines) is 1. The second kappa shape index (κ2) is 8.57. The molecule has 6 nitrogen and oxygen atoms in total. The van der Waals surface area contributed by atoms with Gasteiger partial charge in [0.2, 0.25) is 5.91 Å². The molecule has 2 aromatic heterocycles. The zero-order valence-electron chi connectivity index (χ0n) is 16.3. The molecule has 1 saturated heterocycles. The fourth-order valence-corrected chi connectivity index (χ4v) is 5.16. The van der Waals surface area contributed by atoms with Crippen LogP contribution in [0.25, 0.3) is 10.6 Å². The van der Waals surface area contributed by atoms with E-state index in [1.807, 2.05) is 22.4 Å². The third kappa shape index (κ3) is 4.05. The maximum atomic E-state index is 13.2. The summed E-state index contributed by atoms with van der Waals surface area (Å²) in [5, 5.41) is 6.57. The third-order valence-electron chi connectivity index (χ3n) is 5.99. The summed E-state index contributed by atoms with van der Waals surface area (Å²) in [4.78, 5) is 28.6. The number of carbonyl (C=O) groups is 1. The molecule has 1 saturated carbocycles. The Balaban J connectivity index is 1.49. The predicted octanol–water partition coefficient (Wildman–Crippen LogP) is 3.17. The molecule has 2 aliphatic rings. The van der Waals surface area contributed by atoms with Crippen molar-refractivity contribution in [3.63, 3.8) is 0 Å². The molecule has 1 amide bonds. The van der Waals surface area contributed by atoms with Crippen molar-refractivity contribution in [1.82, 2.24) is 14.7 Å². The third-order valence-corrected chi connectivity index (χ3v) is 6.89. The summed E-state index contributed by atoms with van der Waals surface area (Å²) in [7, 11) is 1.73. The van der Waals surface area contributed by atoms with Gasteiger partial charge in [0.25, 0.3) is 5.56 Å². The average molecular weight is 402 g/mol. The van der Waals surface area contributed by atoms with E-state index in [-0.39, 0.29) is 29.5 Å². The van der Waals surface area contributed by atoms with E-state index in [9.17, 15) is 9.59 Å². The molecule has 2 aromatic rings. The summed E-state index contributed by atoms with van der Waals surface area (Å²) in [6.45, 7) is 1.24. The van der Waals surface area contributed by atoms with Gasteiger partial charge in [-0.05, 0) is 49.6 Å². The largest absolute Gasteiger partial charge is 0.381 e. The lowest BCUT2D eigenvalue weighted by molar-refractivity contribution is -0.139. The van der Waals surface area contributed by atoms with Crippen LogP contribution in [0.4, 0.5) is 0 Å². The van der Waals surface area contributed by atoms with Gasteiger partial charge in [-0.1, -0.05) is 12.5 Å². The first-order valence-electron chi connectivity index (χ1n) is 10.1. The van der Waals surface area contributed by atoms with Gasteiger partial charge in [0, 0.05) is 25.6 Å². The van der Waals surface area contributed by atoms with E-state index < -0.39 is 0 Å². The molecule has 28 heavy (non-hydrogen) atoms. The zero-order chi connectivity index (χ0) is 19.5. The number of aromatic nitrogens is 2. The average Bonchev–Trinajstić information content (AvgIpc) is 3.41. The first-order chi connectivity index (χ1) is 13.7. The fourth-order valence-electron chi connectivity index (χ4n) is 4.47. The van der Waals surface area contributed by atoms with Crippen molar-refractivity contribution >= 4 is 17.2 Å². The number of amides is 1. The highest BCUT2D eigenvalue weighted by Gasteiger charge is 2.36. The molecular formula is C21H27N3O3S. The Morgan fingerprint density at radius 3 is 2.93 bits per heavy atom. The number of thiophene rings is 1. The lowest BCUT2D eigenvalue weighted by atomic mass is 9.86. The molecule has 3 heterocycles. The Hall–Kier alpha value is -1.99. The number of hydrogen-bond donors (Lipinski definition) is 0. The van der Waals surface area contributed by atoms with Gasteiger partial charge in [0.15, 0.2) is 0 Å². The number of rotatable bonds is 5. The topological polar surface area (TPSA) is 64.4 Å². The van der Waals surface area contributed by atoms with Gasteiger partial charge in [0.05, 0.1) is 23.6 Å². The van der Waals surface area contributed by atoms with Gasteiger partial charge in [-0.25, -0.2) is 4.68 Å². The van der Waals surface area contributed by atoms with Crippen LogP contribution in [-0.4, -0.2) is 46.4 Å². The van der Waals surface area contributed by atoms with E-state index in [1.54, 1.807) is 30.6 Å². The maximum absolute atomic E-state index is 13.2. The van der Waals surface area contributed by atoms with Crippen LogP contribution in [0.15, 0.2) is 34.4 Å². The summed E-state index contributed by atoms with van der Waals surface area (Å²) in [6, 6.07) is 7.37. The van der Waals surface area contributed by atoms with Crippen molar-refractivity contribution in [3.8, 4) is 10.6 Å². The van der Waals surface area contributed by atoms with E-state index in [4.69, 9.17) is 4.74 Å². The minimum Gasteiger partial charge on any atom is -0.381 e. The first-order valence-corrected chi connectivity index (χ1v) is 11.0. The maximum Gasteiger partial charge on any atom is 0.266 e. The first kappa shape index (κ1) is 19.3. The molecule has 0 unspecified atom stereocenters. The van der Waals surface area contributed by atoms with Crippen LogP contribution in [0.2, 0.25) is 0 Å². The Morgan fingerprint density at radius 2 is 2.14 bits per heavy atom. The zero-order valence-corrected chi connectivity index (χ0v) is 17.1. The molecule has 0 spiro atoms. The van der Waals surface area contributed by atoms with Gasteiger partial charge in [-0.15, -0.1) is 11.3 Å². The second-order valence-electron chi connectivity index (χ2n) is 7.77. The molecule has 1 aliphatic carbocycles. The molecule has 0 N–H and O–H groups in total. The van der Waals surface area contributed by atoms with Crippen LogP contribution in [0.5, 0.6) is 0 Å². The highest BCUT2D eigenvalue weighted by Crippen LogP contribution is 2.30. The highest BCUT2D eigenvalue weighted by molar-refractivity contribution is 7.13. The number of carbonyl (C=O) groups excluding carboxylic acids is 1. The molecule has 2 fully saturated rings. The highest BCUT2D eigenvalue weighted by atomic mass is 32.1. The molecular weight excluding hydrogens is 374 g/mol. The smallest absolute Gasteiger partial charge is 0.266 e. The second-order valence-corrected chi connectivity index (χ2v) is 8.71. The van der Waals surface area contributed by atoms with E-state index in [2.05, 4.69) is 5.10 Å². The molecule has 0 bridgehead atoms. The van der Waals surface area contributed by atoms with Crippen LogP contribution in [0.1, 0.15) is 38.5 Å². The molecule has 0 aromatic carbocycles. The standard InChI is InChI=1S/C21H27N3O3S/c1-27-17-7-2-5-15(13-17)21(26)23-11-3-6-16(23)14-24-20(25)10-9-18(22-24)19-8-4-12-28-19/h4,8-10,12,15-17H,2-3,5-7,11,13-14H2,1H3/t15-,16-,17+/m0/s1. The van der Waals surface area contributed by atoms with Crippen molar-refractivity contribution in [2.75, 3.05) is 13.7 Å². The lowest BCUT2D eigenvalue weighted by Gasteiger charge is -2.33. The quantitative estimate of drug-likeness (QED) is 0.772. The van der Waals surface area contributed by atoms with Crippen LogP contribution in [-0.2, 0) is 16.1 Å². The minimum absolute atomic E-state index is 0.0409. The molecule has 7 heteroatoms. The fraction of sp³-hybridized carbons (Fsp3) is 0.571. The van der Waals surface area contributed by atoms with Crippen molar-refractivity contribution in [2.24, 2.45) is 5.92 Å². The predicted molar refractivity (Wildman–Crippen MR) is 109 cm³/mol.